The number of carbonyl (C=O) groups excluding carboxylic acids is 1. The first-order valence-electron chi connectivity index (χ1n) is 6.39. The lowest BCUT2D eigenvalue weighted by Gasteiger charge is -2.11. The highest BCUT2D eigenvalue weighted by atomic mass is 32.2. The molecule has 1 saturated heterocycles. The molecule has 1 atom stereocenters. The number of thioether (sulfide) groups is 1. The fourth-order valence-corrected chi connectivity index (χ4v) is 3.11. The van der Waals surface area contributed by atoms with E-state index in [1.807, 2.05) is 36.9 Å². The molecule has 1 fully saturated rings. The van der Waals surface area contributed by atoms with Gasteiger partial charge in [0.2, 0.25) is 0 Å². The molecule has 4 heteroatoms. The van der Waals surface area contributed by atoms with Crippen LogP contribution in [0.15, 0.2) is 18.2 Å². The normalized spacial score (nSPS) is 17.7. The van der Waals surface area contributed by atoms with Crippen molar-refractivity contribution in [1.82, 2.24) is 5.32 Å². The average molecular weight is 274 g/mol. The summed E-state index contributed by atoms with van der Waals surface area (Å²) in [5, 5.41) is 3.07. The average Bonchev–Trinajstić information content (AvgIpc) is 2.90. The van der Waals surface area contributed by atoms with E-state index in [1.54, 1.807) is 0 Å². The third-order valence-corrected chi connectivity index (χ3v) is 4.25. The Balaban J connectivity index is 2.12. The zero-order chi connectivity index (χ0) is 13.7. The first-order valence-corrected chi connectivity index (χ1v) is 7.54. The lowest BCUT2D eigenvalue weighted by atomic mass is 10.0. The molecule has 1 aliphatic heterocycles. The largest absolute Gasteiger partial charge is 0.348 e. The number of rotatable bonds is 2. The summed E-state index contributed by atoms with van der Waals surface area (Å²) in [6, 6.07) is 5.92. The number of benzene rings is 1. The molecular weight excluding hydrogens is 256 g/mol. The highest BCUT2D eigenvalue weighted by Crippen LogP contribution is 2.18. The third kappa shape index (κ3) is 3.76. The van der Waals surface area contributed by atoms with Crippen molar-refractivity contribution < 1.29 is 4.79 Å². The van der Waals surface area contributed by atoms with Crippen molar-refractivity contribution >= 4 is 17.7 Å². The number of hydrogen-bond donors (Lipinski definition) is 2. The minimum Gasteiger partial charge on any atom is -0.348 e. The van der Waals surface area contributed by atoms with Crippen LogP contribution in [-0.4, -0.2) is 30.0 Å². The number of hydrogen-bond acceptors (Lipinski definition) is 3. The standard InChI is InChI=1S/C15H18N2OS/c1-11-4-5-13(9-12(11)3-2-7-16)15(18)17-14-6-8-19-10-14/h4-5,9,14H,6-8,10,16H2,1H3,(H,17,18). The number of aryl methyl sites for hydroxylation is 1. The summed E-state index contributed by atoms with van der Waals surface area (Å²) in [6.45, 7) is 2.31. The summed E-state index contributed by atoms with van der Waals surface area (Å²) in [5.41, 5.74) is 7.99. The van der Waals surface area contributed by atoms with Crippen LogP contribution >= 0.6 is 11.8 Å². The first-order chi connectivity index (χ1) is 9.20. The van der Waals surface area contributed by atoms with Crippen molar-refractivity contribution in [3.8, 4) is 11.8 Å². The van der Waals surface area contributed by atoms with Gasteiger partial charge in [-0.25, -0.2) is 0 Å². The van der Waals surface area contributed by atoms with Crippen molar-refractivity contribution in [1.29, 1.82) is 0 Å². The minimum absolute atomic E-state index is 0.0108. The fraction of sp³-hybridized carbons (Fsp3) is 0.400. The van der Waals surface area contributed by atoms with Gasteiger partial charge in [0.25, 0.3) is 5.91 Å². The van der Waals surface area contributed by atoms with E-state index in [-0.39, 0.29) is 5.91 Å². The Kier molecular flexibility index (Phi) is 4.89. The molecule has 0 radical (unpaired) electrons. The molecule has 3 nitrogen and oxygen atoms in total. The second-order valence-corrected chi connectivity index (χ2v) is 5.72. The van der Waals surface area contributed by atoms with Crippen LogP contribution < -0.4 is 11.1 Å². The van der Waals surface area contributed by atoms with Gasteiger partial charge in [0.15, 0.2) is 0 Å². The van der Waals surface area contributed by atoms with Gasteiger partial charge in [0.05, 0.1) is 6.54 Å². The van der Waals surface area contributed by atoms with Gasteiger partial charge in [-0.2, -0.15) is 11.8 Å². The summed E-state index contributed by atoms with van der Waals surface area (Å²) in [4.78, 5) is 12.1. The Hall–Kier alpha value is -1.44. The van der Waals surface area contributed by atoms with Gasteiger partial charge in [-0.05, 0) is 36.8 Å². The number of amides is 1. The van der Waals surface area contributed by atoms with Crippen molar-refractivity contribution in [3.05, 3.63) is 34.9 Å². The summed E-state index contributed by atoms with van der Waals surface area (Å²) >= 11 is 1.89. The molecule has 2 rings (SSSR count). The Morgan fingerprint density at radius 1 is 1.58 bits per heavy atom. The molecule has 0 bridgehead atoms. The van der Waals surface area contributed by atoms with Crippen LogP contribution in [0.5, 0.6) is 0 Å². The van der Waals surface area contributed by atoms with E-state index in [0.717, 1.165) is 29.1 Å². The first kappa shape index (κ1) is 14.0. The lowest BCUT2D eigenvalue weighted by Crippen LogP contribution is -2.34. The van der Waals surface area contributed by atoms with Crippen LogP contribution in [0.25, 0.3) is 0 Å². The summed E-state index contributed by atoms with van der Waals surface area (Å²) in [7, 11) is 0. The SMILES string of the molecule is Cc1ccc(C(=O)NC2CCSC2)cc1C#CCN. The quantitative estimate of drug-likeness (QED) is 0.804. The molecule has 0 aliphatic carbocycles. The number of nitrogens with two attached hydrogens (primary N) is 1. The highest BCUT2D eigenvalue weighted by molar-refractivity contribution is 7.99. The predicted octanol–water partition coefficient (Wildman–Crippen LogP) is 1.54. The zero-order valence-corrected chi connectivity index (χ0v) is 11.8. The smallest absolute Gasteiger partial charge is 0.251 e. The second-order valence-electron chi connectivity index (χ2n) is 4.57. The van der Waals surface area contributed by atoms with E-state index in [9.17, 15) is 4.79 Å². The van der Waals surface area contributed by atoms with E-state index in [2.05, 4.69) is 17.2 Å². The predicted molar refractivity (Wildman–Crippen MR) is 80.3 cm³/mol. The molecule has 100 valence electrons. The fourth-order valence-electron chi connectivity index (χ4n) is 1.96. The van der Waals surface area contributed by atoms with Gasteiger partial charge < -0.3 is 11.1 Å². The van der Waals surface area contributed by atoms with Crippen LogP contribution in [0.3, 0.4) is 0 Å². The molecule has 19 heavy (non-hydrogen) atoms. The second kappa shape index (κ2) is 6.65. The van der Waals surface area contributed by atoms with Crippen LogP contribution in [-0.2, 0) is 0 Å². The van der Waals surface area contributed by atoms with Crippen molar-refractivity contribution in [2.24, 2.45) is 5.73 Å². The number of nitrogens with one attached hydrogen (secondary N) is 1. The van der Waals surface area contributed by atoms with Crippen LogP contribution in [0.2, 0.25) is 0 Å². The van der Waals surface area contributed by atoms with E-state index < -0.39 is 0 Å². The topological polar surface area (TPSA) is 55.1 Å². The molecule has 0 spiro atoms. The Bertz CT molecular complexity index is 525. The van der Waals surface area contributed by atoms with Gasteiger partial charge in [0.1, 0.15) is 0 Å². The monoisotopic (exact) mass is 274 g/mol. The number of carbonyl (C=O) groups is 1. The summed E-state index contributed by atoms with van der Waals surface area (Å²) in [5.74, 6) is 7.96. The molecule has 1 aromatic carbocycles. The van der Waals surface area contributed by atoms with Gasteiger partial charge in [-0.15, -0.1) is 0 Å². The van der Waals surface area contributed by atoms with E-state index in [0.29, 0.717) is 18.2 Å². The molecule has 1 aromatic rings. The van der Waals surface area contributed by atoms with Crippen molar-refractivity contribution in [2.75, 3.05) is 18.1 Å². The van der Waals surface area contributed by atoms with Gasteiger partial charge >= 0.3 is 0 Å². The summed E-state index contributed by atoms with van der Waals surface area (Å²) in [6.07, 6.45) is 1.06. The molecule has 3 N–H and O–H groups in total. The van der Waals surface area contributed by atoms with Gasteiger partial charge in [-0.3, -0.25) is 4.79 Å². The van der Waals surface area contributed by atoms with Crippen LogP contribution in [0.4, 0.5) is 0 Å². The van der Waals surface area contributed by atoms with E-state index >= 15 is 0 Å². The maximum atomic E-state index is 12.1. The maximum absolute atomic E-state index is 12.1. The van der Waals surface area contributed by atoms with E-state index in [1.165, 1.54) is 0 Å². The van der Waals surface area contributed by atoms with Gasteiger partial charge in [-0.1, -0.05) is 17.9 Å². The van der Waals surface area contributed by atoms with E-state index in [4.69, 9.17) is 5.73 Å². The molecule has 1 amide bonds. The van der Waals surface area contributed by atoms with Crippen LogP contribution in [0, 0.1) is 18.8 Å². The Labute approximate surface area is 118 Å². The molecule has 1 unspecified atom stereocenters. The molecule has 0 aromatic heterocycles. The van der Waals surface area contributed by atoms with Crippen molar-refractivity contribution in [3.63, 3.8) is 0 Å². The minimum atomic E-state index is -0.0108. The zero-order valence-electron chi connectivity index (χ0n) is 11.0. The molecule has 1 aliphatic rings. The molecular formula is C15H18N2OS. The lowest BCUT2D eigenvalue weighted by molar-refractivity contribution is 0.0941. The van der Waals surface area contributed by atoms with Crippen LogP contribution in [0.1, 0.15) is 27.9 Å². The maximum Gasteiger partial charge on any atom is 0.251 e. The molecule has 1 heterocycles. The Morgan fingerprint density at radius 2 is 2.42 bits per heavy atom. The highest BCUT2D eigenvalue weighted by Gasteiger charge is 2.18. The van der Waals surface area contributed by atoms with Crippen molar-refractivity contribution in [2.45, 2.75) is 19.4 Å². The molecule has 0 saturated carbocycles. The third-order valence-electron chi connectivity index (χ3n) is 3.09. The Morgan fingerprint density at radius 3 is 3.11 bits per heavy atom. The summed E-state index contributed by atoms with van der Waals surface area (Å²) < 4.78 is 0. The van der Waals surface area contributed by atoms with Gasteiger partial charge in [0, 0.05) is 22.9 Å².